The van der Waals surface area contributed by atoms with Crippen LogP contribution in [0.25, 0.3) is 0 Å². The lowest BCUT2D eigenvalue weighted by Gasteiger charge is -2.16. The molecule has 3 heteroatoms. The zero-order valence-electron chi connectivity index (χ0n) is 11.8. The molecule has 3 rings (SSSR count). The second-order valence-electron chi connectivity index (χ2n) is 5.26. The smallest absolute Gasteiger partial charge is 0.128 e. The van der Waals surface area contributed by atoms with Crippen LogP contribution in [0.1, 0.15) is 18.4 Å². The van der Waals surface area contributed by atoms with Crippen molar-refractivity contribution in [1.82, 2.24) is 4.98 Å². The Morgan fingerprint density at radius 2 is 1.80 bits per heavy atom. The second-order valence-corrected chi connectivity index (χ2v) is 5.26. The SMILES string of the molecule is c1ccc(CCNc2ccc(N3CCCC3)nc2)cc1. The molecule has 1 aliphatic heterocycles. The van der Waals surface area contributed by atoms with Gasteiger partial charge in [0.25, 0.3) is 0 Å². The van der Waals surface area contributed by atoms with Gasteiger partial charge in [-0.15, -0.1) is 0 Å². The lowest BCUT2D eigenvalue weighted by molar-refractivity contribution is 0.936. The molecule has 1 aliphatic rings. The van der Waals surface area contributed by atoms with E-state index in [1.165, 1.54) is 18.4 Å². The van der Waals surface area contributed by atoms with Gasteiger partial charge in [-0.25, -0.2) is 4.98 Å². The maximum atomic E-state index is 4.55. The Bertz CT molecular complexity index is 516. The zero-order valence-corrected chi connectivity index (χ0v) is 11.8. The van der Waals surface area contributed by atoms with Crippen LogP contribution in [0.2, 0.25) is 0 Å². The van der Waals surface area contributed by atoms with Crippen LogP contribution in [0, 0.1) is 0 Å². The van der Waals surface area contributed by atoms with E-state index >= 15 is 0 Å². The molecule has 0 atom stereocenters. The molecule has 0 unspecified atom stereocenters. The van der Waals surface area contributed by atoms with Crippen LogP contribution in [0.4, 0.5) is 11.5 Å². The first-order valence-corrected chi connectivity index (χ1v) is 7.41. The first kappa shape index (κ1) is 13.0. The van der Waals surface area contributed by atoms with Crippen molar-refractivity contribution in [3.63, 3.8) is 0 Å². The van der Waals surface area contributed by atoms with Gasteiger partial charge in [0, 0.05) is 19.6 Å². The molecule has 0 amide bonds. The van der Waals surface area contributed by atoms with Gasteiger partial charge in [0.05, 0.1) is 11.9 Å². The van der Waals surface area contributed by atoms with Crippen molar-refractivity contribution < 1.29 is 0 Å². The number of aromatic nitrogens is 1. The van der Waals surface area contributed by atoms with Crippen molar-refractivity contribution >= 4 is 11.5 Å². The van der Waals surface area contributed by atoms with Crippen LogP contribution < -0.4 is 10.2 Å². The summed E-state index contributed by atoms with van der Waals surface area (Å²) in [7, 11) is 0. The van der Waals surface area contributed by atoms with Crippen LogP contribution in [0.5, 0.6) is 0 Å². The summed E-state index contributed by atoms with van der Waals surface area (Å²) in [4.78, 5) is 6.90. The van der Waals surface area contributed by atoms with Gasteiger partial charge in [-0.2, -0.15) is 0 Å². The van der Waals surface area contributed by atoms with Gasteiger partial charge in [-0.05, 0) is 37.0 Å². The number of nitrogens with one attached hydrogen (secondary N) is 1. The summed E-state index contributed by atoms with van der Waals surface area (Å²) in [5.41, 5.74) is 2.46. The van der Waals surface area contributed by atoms with Gasteiger partial charge in [-0.3, -0.25) is 0 Å². The van der Waals surface area contributed by atoms with Crippen LogP contribution in [0.3, 0.4) is 0 Å². The van der Waals surface area contributed by atoms with Gasteiger partial charge < -0.3 is 10.2 Å². The third-order valence-corrected chi connectivity index (χ3v) is 3.76. The Hall–Kier alpha value is -2.03. The number of nitrogens with zero attached hydrogens (tertiary/aromatic N) is 2. The fourth-order valence-electron chi connectivity index (χ4n) is 2.62. The largest absolute Gasteiger partial charge is 0.383 e. The average molecular weight is 267 g/mol. The number of pyridine rings is 1. The molecule has 0 aliphatic carbocycles. The Morgan fingerprint density at radius 3 is 2.50 bits per heavy atom. The van der Waals surface area contributed by atoms with Gasteiger partial charge in [0.2, 0.25) is 0 Å². The van der Waals surface area contributed by atoms with Crippen LogP contribution in [-0.4, -0.2) is 24.6 Å². The molecule has 1 fully saturated rings. The highest BCUT2D eigenvalue weighted by atomic mass is 15.2. The average Bonchev–Trinajstić information content (AvgIpc) is 3.03. The third kappa shape index (κ3) is 3.29. The Kier molecular flexibility index (Phi) is 4.16. The summed E-state index contributed by atoms with van der Waals surface area (Å²) in [6.45, 7) is 3.23. The summed E-state index contributed by atoms with van der Waals surface area (Å²) in [6, 6.07) is 14.8. The lowest BCUT2D eigenvalue weighted by Crippen LogP contribution is -2.18. The number of rotatable bonds is 5. The van der Waals surface area contributed by atoms with E-state index in [-0.39, 0.29) is 0 Å². The molecule has 1 N–H and O–H groups in total. The van der Waals surface area contributed by atoms with Crippen LogP contribution in [-0.2, 0) is 6.42 Å². The first-order valence-electron chi connectivity index (χ1n) is 7.41. The number of hydrogen-bond donors (Lipinski definition) is 1. The zero-order chi connectivity index (χ0) is 13.6. The Balaban J connectivity index is 1.50. The fraction of sp³-hybridized carbons (Fsp3) is 0.353. The summed E-state index contributed by atoms with van der Waals surface area (Å²) in [6.07, 6.45) is 5.56. The van der Waals surface area contributed by atoms with Gasteiger partial charge in [-0.1, -0.05) is 30.3 Å². The fourth-order valence-corrected chi connectivity index (χ4v) is 2.62. The van der Waals surface area contributed by atoms with Crippen molar-refractivity contribution in [3.8, 4) is 0 Å². The molecule has 1 aromatic heterocycles. The molecular formula is C17H21N3. The monoisotopic (exact) mass is 267 g/mol. The predicted octanol–water partition coefficient (Wildman–Crippen LogP) is 3.34. The topological polar surface area (TPSA) is 28.2 Å². The number of benzene rings is 1. The molecule has 1 aromatic carbocycles. The number of anilines is 2. The van der Waals surface area contributed by atoms with Gasteiger partial charge in [0.1, 0.15) is 5.82 Å². The maximum absolute atomic E-state index is 4.55. The molecule has 104 valence electrons. The highest BCUT2D eigenvalue weighted by Crippen LogP contribution is 2.18. The van der Waals surface area contributed by atoms with E-state index in [1.54, 1.807) is 0 Å². The molecule has 0 saturated carbocycles. The molecule has 3 nitrogen and oxygen atoms in total. The second kappa shape index (κ2) is 6.42. The molecule has 0 radical (unpaired) electrons. The van der Waals surface area contributed by atoms with E-state index in [0.29, 0.717) is 0 Å². The van der Waals surface area contributed by atoms with Crippen LogP contribution >= 0.6 is 0 Å². The quantitative estimate of drug-likeness (QED) is 0.900. The van der Waals surface area contributed by atoms with Crippen molar-refractivity contribution in [3.05, 3.63) is 54.2 Å². The first-order chi connectivity index (χ1) is 9.92. The van der Waals surface area contributed by atoms with Crippen molar-refractivity contribution in [1.29, 1.82) is 0 Å². The number of hydrogen-bond acceptors (Lipinski definition) is 3. The van der Waals surface area contributed by atoms with Crippen molar-refractivity contribution in [2.45, 2.75) is 19.3 Å². The van der Waals surface area contributed by atoms with Crippen LogP contribution in [0.15, 0.2) is 48.7 Å². The highest BCUT2D eigenvalue weighted by molar-refractivity contribution is 5.49. The van der Waals surface area contributed by atoms with Gasteiger partial charge >= 0.3 is 0 Å². The molecule has 1 saturated heterocycles. The minimum atomic E-state index is 0.939. The van der Waals surface area contributed by atoms with Gasteiger partial charge in [0.15, 0.2) is 0 Å². The molecular weight excluding hydrogens is 246 g/mol. The lowest BCUT2D eigenvalue weighted by atomic mass is 10.1. The molecule has 20 heavy (non-hydrogen) atoms. The van der Waals surface area contributed by atoms with E-state index in [2.05, 4.69) is 57.7 Å². The minimum absolute atomic E-state index is 0.939. The molecule has 2 aromatic rings. The van der Waals surface area contributed by atoms with Crippen molar-refractivity contribution in [2.75, 3.05) is 29.9 Å². The van der Waals surface area contributed by atoms with E-state index in [0.717, 1.165) is 37.6 Å². The summed E-state index contributed by atoms with van der Waals surface area (Å²) < 4.78 is 0. The summed E-state index contributed by atoms with van der Waals surface area (Å²) >= 11 is 0. The van der Waals surface area contributed by atoms with E-state index in [9.17, 15) is 0 Å². The van der Waals surface area contributed by atoms with E-state index in [1.807, 2.05) is 6.20 Å². The minimum Gasteiger partial charge on any atom is -0.383 e. The van der Waals surface area contributed by atoms with E-state index < -0.39 is 0 Å². The highest BCUT2D eigenvalue weighted by Gasteiger charge is 2.12. The van der Waals surface area contributed by atoms with Crippen molar-refractivity contribution in [2.24, 2.45) is 0 Å². The van der Waals surface area contributed by atoms with E-state index in [4.69, 9.17) is 0 Å². The molecule has 2 heterocycles. The molecule has 0 spiro atoms. The Morgan fingerprint density at radius 1 is 1.00 bits per heavy atom. The standard InChI is InChI=1S/C17H21N3/c1-2-6-15(7-3-1)10-11-18-16-8-9-17(19-14-16)20-12-4-5-13-20/h1-3,6-9,14,18H,4-5,10-13H2. The third-order valence-electron chi connectivity index (χ3n) is 3.76. The summed E-state index contributed by atoms with van der Waals surface area (Å²) in [5, 5.41) is 3.43. The normalized spacial score (nSPS) is 14.5. The Labute approximate surface area is 120 Å². The molecule has 0 bridgehead atoms. The maximum Gasteiger partial charge on any atom is 0.128 e. The summed E-state index contributed by atoms with van der Waals surface area (Å²) in [5.74, 6) is 1.11. The predicted molar refractivity (Wildman–Crippen MR) is 84.3 cm³/mol.